The van der Waals surface area contributed by atoms with Gasteiger partial charge in [0.2, 0.25) is 0 Å². The van der Waals surface area contributed by atoms with Crippen LogP contribution in [0.1, 0.15) is 5.56 Å². The van der Waals surface area contributed by atoms with E-state index in [-0.39, 0.29) is 0 Å². The predicted octanol–water partition coefficient (Wildman–Crippen LogP) is 3.89. The molecule has 0 unspecified atom stereocenters. The van der Waals surface area contributed by atoms with Crippen molar-refractivity contribution in [2.24, 2.45) is 0 Å². The second-order valence-corrected chi connectivity index (χ2v) is 5.44. The molecule has 0 atom stereocenters. The maximum Gasteiger partial charge on any atom is 0.114 e. The quantitative estimate of drug-likeness (QED) is 0.733. The predicted molar refractivity (Wildman–Crippen MR) is 83.4 cm³/mol. The molecule has 0 saturated heterocycles. The molecule has 106 valence electrons. The van der Waals surface area contributed by atoms with Crippen LogP contribution < -0.4 is 0 Å². The van der Waals surface area contributed by atoms with E-state index in [4.69, 9.17) is 23.2 Å². The van der Waals surface area contributed by atoms with E-state index in [0.717, 1.165) is 24.2 Å². The molecule has 6 heteroatoms. The zero-order valence-corrected chi connectivity index (χ0v) is 12.6. The highest BCUT2D eigenvalue weighted by Crippen LogP contribution is 2.28. The number of hydrogen-bond acceptors (Lipinski definition) is 3. The van der Waals surface area contributed by atoms with E-state index in [9.17, 15) is 0 Å². The fourth-order valence-electron chi connectivity index (χ4n) is 2.02. The van der Waals surface area contributed by atoms with Gasteiger partial charge in [0.25, 0.3) is 0 Å². The minimum Gasteiger partial charge on any atom is -0.265 e. The number of pyridine rings is 1. The zero-order chi connectivity index (χ0) is 14.7. The molecule has 0 saturated carbocycles. The first-order valence-electron chi connectivity index (χ1n) is 6.47. The van der Waals surface area contributed by atoms with Crippen molar-refractivity contribution in [1.82, 2.24) is 20.0 Å². The van der Waals surface area contributed by atoms with Gasteiger partial charge in [-0.3, -0.25) is 9.67 Å². The van der Waals surface area contributed by atoms with Crippen LogP contribution in [0.4, 0.5) is 0 Å². The molecule has 0 bridgehead atoms. The summed E-state index contributed by atoms with van der Waals surface area (Å²) in [6.07, 6.45) is 6.31. The maximum absolute atomic E-state index is 6.17. The number of rotatable bonds is 4. The molecule has 21 heavy (non-hydrogen) atoms. The second-order valence-electron chi connectivity index (χ2n) is 4.60. The molecule has 0 aliphatic carbocycles. The summed E-state index contributed by atoms with van der Waals surface area (Å²) in [4.78, 5) is 4.00. The summed E-state index contributed by atoms with van der Waals surface area (Å²) < 4.78 is 1.80. The van der Waals surface area contributed by atoms with Crippen molar-refractivity contribution in [2.75, 3.05) is 0 Å². The standard InChI is InChI=1S/C15H12Cl2N4/c16-12-1-2-14(17)13(9-12)15-10-21(20-19-15)8-5-11-3-6-18-7-4-11/h1-4,6-7,9-10H,5,8H2. The summed E-state index contributed by atoms with van der Waals surface area (Å²) in [5.74, 6) is 0. The Bertz CT molecular complexity index is 740. The average molecular weight is 319 g/mol. The van der Waals surface area contributed by atoms with Crippen LogP contribution in [0, 0.1) is 0 Å². The van der Waals surface area contributed by atoms with Gasteiger partial charge in [-0.15, -0.1) is 5.10 Å². The Kier molecular flexibility index (Phi) is 4.18. The molecule has 0 amide bonds. The third-order valence-corrected chi connectivity index (χ3v) is 3.69. The van der Waals surface area contributed by atoms with Gasteiger partial charge in [0.1, 0.15) is 5.69 Å². The van der Waals surface area contributed by atoms with Crippen LogP contribution in [0.15, 0.2) is 48.9 Å². The van der Waals surface area contributed by atoms with Crippen LogP contribution in [-0.4, -0.2) is 20.0 Å². The van der Waals surface area contributed by atoms with Crippen molar-refractivity contribution >= 4 is 23.2 Å². The lowest BCUT2D eigenvalue weighted by Crippen LogP contribution is -2.02. The zero-order valence-electron chi connectivity index (χ0n) is 11.1. The lowest BCUT2D eigenvalue weighted by atomic mass is 10.2. The molecule has 1 aromatic carbocycles. The van der Waals surface area contributed by atoms with Gasteiger partial charge in [-0.1, -0.05) is 28.4 Å². The maximum atomic E-state index is 6.17. The highest BCUT2D eigenvalue weighted by molar-refractivity contribution is 6.35. The second kappa shape index (κ2) is 6.24. The van der Waals surface area contributed by atoms with Gasteiger partial charge in [0.15, 0.2) is 0 Å². The summed E-state index contributed by atoms with van der Waals surface area (Å²) in [6, 6.07) is 9.29. The van der Waals surface area contributed by atoms with E-state index in [1.807, 2.05) is 18.3 Å². The monoisotopic (exact) mass is 318 g/mol. The first-order chi connectivity index (χ1) is 10.2. The van der Waals surface area contributed by atoms with E-state index >= 15 is 0 Å². The summed E-state index contributed by atoms with van der Waals surface area (Å²) in [7, 11) is 0. The third-order valence-electron chi connectivity index (χ3n) is 3.12. The molecule has 0 radical (unpaired) electrons. The fourth-order valence-corrected chi connectivity index (χ4v) is 2.40. The normalized spacial score (nSPS) is 10.8. The van der Waals surface area contributed by atoms with Gasteiger partial charge >= 0.3 is 0 Å². The minimum atomic E-state index is 0.612. The fraction of sp³-hybridized carbons (Fsp3) is 0.133. The highest BCUT2D eigenvalue weighted by atomic mass is 35.5. The Morgan fingerprint density at radius 2 is 1.86 bits per heavy atom. The molecular weight excluding hydrogens is 307 g/mol. The van der Waals surface area contributed by atoms with Gasteiger partial charge in [0, 0.05) is 29.5 Å². The molecule has 0 aliphatic heterocycles. The molecule has 3 aromatic rings. The Hall–Kier alpha value is -1.91. The highest BCUT2D eigenvalue weighted by Gasteiger charge is 2.09. The molecule has 0 aliphatic rings. The molecule has 0 N–H and O–H groups in total. The van der Waals surface area contributed by atoms with Gasteiger partial charge in [-0.2, -0.15) is 0 Å². The smallest absolute Gasteiger partial charge is 0.114 e. The summed E-state index contributed by atoms with van der Waals surface area (Å²) in [6.45, 7) is 0.745. The van der Waals surface area contributed by atoms with Gasteiger partial charge in [0.05, 0.1) is 11.2 Å². The number of nitrogens with zero attached hydrogens (tertiary/aromatic N) is 4. The van der Waals surface area contributed by atoms with Crippen LogP contribution in [0.5, 0.6) is 0 Å². The Morgan fingerprint density at radius 1 is 1.05 bits per heavy atom. The van der Waals surface area contributed by atoms with Crippen molar-refractivity contribution in [2.45, 2.75) is 13.0 Å². The number of hydrogen-bond donors (Lipinski definition) is 0. The first-order valence-corrected chi connectivity index (χ1v) is 7.22. The van der Waals surface area contributed by atoms with Crippen molar-refractivity contribution in [3.05, 3.63) is 64.5 Å². The Balaban J connectivity index is 1.76. The van der Waals surface area contributed by atoms with Crippen LogP contribution in [-0.2, 0) is 13.0 Å². The molecule has 0 spiro atoms. The van der Waals surface area contributed by atoms with Gasteiger partial charge in [-0.25, -0.2) is 0 Å². The van der Waals surface area contributed by atoms with Crippen molar-refractivity contribution < 1.29 is 0 Å². The molecular formula is C15H12Cl2N4. The largest absolute Gasteiger partial charge is 0.265 e. The molecule has 0 fully saturated rings. The molecule has 2 heterocycles. The summed E-state index contributed by atoms with van der Waals surface area (Å²) in [5, 5.41) is 9.52. The number of benzene rings is 1. The van der Waals surface area contributed by atoms with E-state index in [0.29, 0.717) is 10.0 Å². The van der Waals surface area contributed by atoms with Crippen molar-refractivity contribution in [3.63, 3.8) is 0 Å². The van der Waals surface area contributed by atoms with Gasteiger partial charge < -0.3 is 0 Å². The van der Waals surface area contributed by atoms with E-state index in [1.54, 1.807) is 35.3 Å². The van der Waals surface area contributed by atoms with Crippen molar-refractivity contribution in [3.8, 4) is 11.3 Å². The lowest BCUT2D eigenvalue weighted by molar-refractivity contribution is 0.589. The Morgan fingerprint density at radius 3 is 2.67 bits per heavy atom. The topological polar surface area (TPSA) is 43.6 Å². The minimum absolute atomic E-state index is 0.612. The SMILES string of the molecule is Clc1ccc(Cl)c(-c2cn(CCc3ccncc3)nn2)c1. The number of halogens is 2. The van der Waals surface area contributed by atoms with Crippen LogP contribution in [0.25, 0.3) is 11.3 Å². The number of aryl methyl sites for hydroxylation is 2. The molecule has 2 aromatic heterocycles. The average Bonchev–Trinajstić information content (AvgIpc) is 2.97. The molecule has 4 nitrogen and oxygen atoms in total. The summed E-state index contributed by atoms with van der Waals surface area (Å²) >= 11 is 12.2. The van der Waals surface area contributed by atoms with Crippen LogP contribution >= 0.6 is 23.2 Å². The molecule has 3 rings (SSSR count). The summed E-state index contributed by atoms with van der Waals surface area (Å²) in [5.41, 5.74) is 2.72. The van der Waals surface area contributed by atoms with E-state index < -0.39 is 0 Å². The first kappa shape index (κ1) is 14.0. The lowest BCUT2D eigenvalue weighted by Gasteiger charge is -2.01. The van der Waals surface area contributed by atoms with Crippen molar-refractivity contribution in [1.29, 1.82) is 0 Å². The van der Waals surface area contributed by atoms with Gasteiger partial charge in [-0.05, 0) is 42.3 Å². The number of aromatic nitrogens is 4. The Labute approximate surface area is 132 Å². The van der Waals surface area contributed by atoms with E-state index in [1.165, 1.54) is 5.56 Å². The third kappa shape index (κ3) is 3.40. The van der Waals surface area contributed by atoms with Crippen LogP contribution in [0.2, 0.25) is 10.0 Å². The van der Waals surface area contributed by atoms with Crippen LogP contribution in [0.3, 0.4) is 0 Å². The van der Waals surface area contributed by atoms with E-state index in [2.05, 4.69) is 15.3 Å².